The summed E-state index contributed by atoms with van der Waals surface area (Å²) in [5, 5.41) is 13.2. The average molecular weight is 383 g/mol. The molecular formula is C23H30N2O3. The second kappa shape index (κ2) is 10.2. The van der Waals surface area contributed by atoms with Gasteiger partial charge in [-0.05, 0) is 30.0 Å². The van der Waals surface area contributed by atoms with Crippen molar-refractivity contribution in [3.8, 4) is 5.75 Å². The molecule has 1 amide bonds. The van der Waals surface area contributed by atoms with E-state index in [0.717, 1.165) is 29.5 Å². The third-order valence-electron chi connectivity index (χ3n) is 5.45. The van der Waals surface area contributed by atoms with Gasteiger partial charge in [0.2, 0.25) is 5.91 Å². The summed E-state index contributed by atoms with van der Waals surface area (Å²) in [6.07, 6.45) is 4.62. The van der Waals surface area contributed by atoms with Crippen LogP contribution in [0.4, 0.5) is 0 Å². The molecule has 1 saturated carbocycles. The van der Waals surface area contributed by atoms with E-state index in [9.17, 15) is 9.90 Å². The summed E-state index contributed by atoms with van der Waals surface area (Å²) in [6.45, 7) is 1.96. The Morgan fingerprint density at radius 2 is 1.71 bits per heavy atom. The Hall–Kier alpha value is -2.37. The zero-order valence-electron chi connectivity index (χ0n) is 16.6. The van der Waals surface area contributed by atoms with Crippen molar-refractivity contribution in [2.45, 2.75) is 51.4 Å². The van der Waals surface area contributed by atoms with Crippen LogP contribution in [0.3, 0.4) is 0 Å². The minimum Gasteiger partial charge on any atom is -0.508 e. The third kappa shape index (κ3) is 5.57. The highest BCUT2D eigenvalue weighted by atomic mass is 16.5. The molecule has 1 fully saturated rings. The molecule has 0 heterocycles. The maximum atomic E-state index is 12.7. The van der Waals surface area contributed by atoms with Crippen molar-refractivity contribution < 1.29 is 14.6 Å². The first-order valence-electron chi connectivity index (χ1n) is 10.0. The molecule has 0 saturated heterocycles. The molecule has 0 atom stereocenters. The minimum atomic E-state index is 0.00883. The van der Waals surface area contributed by atoms with E-state index in [1.807, 2.05) is 42.5 Å². The van der Waals surface area contributed by atoms with Crippen molar-refractivity contribution >= 4 is 5.91 Å². The lowest BCUT2D eigenvalue weighted by Crippen LogP contribution is -2.41. The molecule has 5 nitrogen and oxygen atoms in total. The molecule has 0 unspecified atom stereocenters. The van der Waals surface area contributed by atoms with Crippen molar-refractivity contribution in [3.63, 3.8) is 0 Å². The van der Waals surface area contributed by atoms with Crippen molar-refractivity contribution in [1.82, 2.24) is 10.2 Å². The van der Waals surface area contributed by atoms with Gasteiger partial charge in [0.05, 0.1) is 13.2 Å². The molecule has 0 aliphatic heterocycles. The van der Waals surface area contributed by atoms with Gasteiger partial charge in [0.25, 0.3) is 0 Å². The van der Waals surface area contributed by atoms with Crippen LogP contribution < -0.4 is 5.32 Å². The maximum absolute atomic E-state index is 12.7. The van der Waals surface area contributed by atoms with E-state index >= 15 is 0 Å². The second-order valence-corrected chi connectivity index (χ2v) is 7.45. The van der Waals surface area contributed by atoms with Crippen LogP contribution in [0.25, 0.3) is 0 Å². The standard InChI is InChI=1S/C23H30N2O3/c1-28-17-20-10-3-2-8-18(20)14-24-23(27)16-25(21-11-5-6-12-21)15-19-9-4-7-13-22(19)26/h2-4,7-10,13,21,26H,5-6,11-12,14-17H2,1H3,(H,24,27). The molecule has 5 heteroatoms. The van der Waals surface area contributed by atoms with Crippen molar-refractivity contribution in [3.05, 3.63) is 65.2 Å². The largest absolute Gasteiger partial charge is 0.508 e. The molecule has 3 rings (SSSR count). The van der Waals surface area contributed by atoms with E-state index in [1.54, 1.807) is 13.2 Å². The number of phenolic OH excluding ortho intramolecular Hbond substituents is 1. The Bertz CT molecular complexity index is 772. The number of nitrogens with one attached hydrogen (secondary N) is 1. The molecule has 0 aromatic heterocycles. The Morgan fingerprint density at radius 3 is 2.39 bits per heavy atom. The normalized spacial score (nSPS) is 14.5. The van der Waals surface area contributed by atoms with Crippen LogP contribution in [0, 0.1) is 0 Å². The smallest absolute Gasteiger partial charge is 0.234 e. The van der Waals surface area contributed by atoms with Crippen LogP contribution in [-0.2, 0) is 29.2 Å². The van der Waals surface area contributed by atoms with Crippen LogP contribution >= 0.6 is 0 Å². The van der Waals surface area contributed by atoms with Gasteiger partial charge in [-0.3, -0.25) is 9.69 Å². The summed E-state index contributed by atoms with van der Waals surface area (Å²) in [5.41, 5.74) is 3.03. The molecule has 1 aliphatic carbocycles. The minimum absolute atomic E-state index is 0.00883. The molecule has 2 N–H and O–H groups in total. The number of aromatic hydroxyl groups is 1. The van der Waals surface area contributed by atoms with E-state index in [2.05, 4.69) is 10.2 Å². The first-order valence-corrected chi connectivity index (χ1v) is 10.0. The highest BCUT2D eigenvalue weighted by Crippen LogP contribution is 2.26. The number of benzene rings is 2. The Labute approximate surface area is 167 Å². The molecule has 1 aliphatic rings. The van der Waals surface area contributed by atoms with Gasteiger partial charge < -0.3 is 15.2 Å². The summed E-state index contributed by atoms with van der Waals surface area (Å²) in [4.78, 5) is 14.9. The molecule has 2 aromatic rings. The van der Waals surface area contributed by atoms with Crippen LogP contribution in [-0.4, -0.2) is 35.6 Å². The van der Waals surface area contributed by atoms with E-state index in [0.29, 0.717) is 38.0 Å². The fourth-order valence-corrected chi connectivity index (χ4v) is 3.91. The number of phenols is 1. The van der Waals surface area contributed by atoms with Gasteiger partial charge in [0.15, 0.2) is 0 Å². The number of ether oxygens (including phenoxy) is 1. The third-order valence-corrected chi connectivity index (χ3v) is 5.45. The first-order chi connectivity index (χ1) is 13.7. The van der Waals surface area contributed by atoms with E-state index in [4.69, 9.17) is 4.74 Å². The van der Waals surface area contributed by atoms with Gasteiger partial charge >= 0.3 is 0 Å². The fraction of sp³-hybridized carbons (Fsp3) is 0.435. The molecular weight excluding hydrogens is 352 g/mol. The Kier molecular flexibility index (Phi) is 7.46. The summed E-state index contributed by atoms with van der Waals surface area (Å²) in [5.74, 6) is 0.300. The Morgan fingerprint density at radius 1 is 1.07 bits per heavy atom. The van der Waals surface area contributed by atoms with Gasteiger partial charge in [0.1, 0.15) is 5.75 Å². The number of carbonyl (C=O) groups is 1. The first kappa shape index (κ1) is 20.4. The van der Waals surface area contributed by atoms with Crippen molar-refractivity contribution in [2.24, 2.45) is 0 Å². The van der Waals surface area contributed by atoms with E-state index < -0.39 is 0 Å². The molecule has 0 radical (unpaired) electrons. The molecule has 0 bridgehead atoms. The maximum Gasteiger partial charge on any atom is 0.234 e. The van der Waals surface area contributed by atoms with Crippen LogP contribution in [0.15, 0.2) is 48.5 Å². The van der Waals surface area contributed by atoms with E-state index in [1.165, 1.54) is 12.8 Å². The average Bonchev–Trinajstić information content (AvgIpc) is 3.23. The molecule has 0 spiro atoms. The number of para-hydroxylation sites is 1. The predicted molar refractivity (Wildman–Crippen MR) is 110 cm³/mol. The number of rotatable bonds is 9. The lowest BCUT2D eigenvalue weighted by Gasteiger charge is -2.28. The lowest BCUT2D eigenvalue weighted by molar-refractivity contribution is -0.123. The van der Waals surface area contributed by atoms with Crippen molar-refractivity contribution in [2.75, 3.05) is 13.7 Å². The zero-order valence-corrected chi connectivity index (χ0v) is 16.6. The second-order valence-electron chi connectivity index (χ2n) is 7.45. The number of nitrogens with zero attached hydrogens (tertiary/aromatic N) is 1. The number of amides is 1. The summed E-state index contributed by atoms with van der Waals surface area (Å²) >= 11 is 0. The quantitative estimate of drug-likeness (QED) is 0.696. The Balaban J connectivity index is 1.62. The van der Waals surface area contributed by atoms with Gasteiger partial charge in [-0.15, -0.1) is 0 Å². The molecule has 150 valence electrons. The van der Waals surface area contributed by atoms with Gasteiger partial charge in [0, 0.05) is 31.8 Å². The SMILES string of the molecule is COCc1ccccc1CNC(=O)CN(Cc1ccccc1O)C1CCCC1. The number of carbonyl (C=O) groups excluding carboxylic acids is 1. The van der Waals surface area contributed by atoms with Crippen LogP contribution in [0.2, 0.25) is 0 Å². The number of hydrogen-bond acceptors (Lipinski definition) is 4. The predicted octanol–water partition coefficient (Wildman–Crippen LogP) is 3.60. The van der Waals surface area contributed by atoms with Gasteiger partial charge in [-0.1, -0.05) is 55.3 Å². The highest BCUT2D eigenvalue weighted by Gasteiger charge is 2.25. The monoisotopic (exact) mass is 382 g/mol. The van der Waals surface area contributed by atoms with Gasteiger partial charge in [-0.2, -0.15) is 0 Å². The number of methoxy groups -OCH3 is 1. The topological polar surface area (TPSA) is 61.8 Å². The zero-order chi connectivity index (χ0) is 19.8. The molecule has 28 heavy (non-hydrogen) atoms. The lowest BCUT2D eigenvalue weighted by atomic mass is 10.1. The van der Waals surface area contributed by atoms with E-state index in [-0.39, 0.29) is 5.91 Å². The molecule has 2 aromatic carbocycles. The van der Waals surface area contributed by atoms with Crippen molar-refractivity contribution in [1.29, 1.82) is 0 Å². The van der Waals surface area contributed by atoms with Crippen LogP contribution in [0.5, 0.6) is 5.75 Å². The van der Waals surface area contributed by atoms with Crippen LogP contribution in [0.1, 0.15) is 42.4 Å². The summed E-state index contributed by atoms with van der Waals surface area (Å²) in [7, 11) is 1.67. The summed E-state index contributed by atoms with van der Waals surface area (Å²) < 4.78 is 5.24. The summed E-state index contributed by atoms with van der Waals surface area (Å²) in [6, 6.07) is 15.8. The highest BCUT2D eigenvalue weighted by molar-refractivity contribution is 5.78. The fourth-order valence-electron chi connectivity index (χ4n) is 3.91. The number of hydrogen-bond donors (Lipinski definition) is 2. The van der Waals surface area contributed by atoms with Gasteiger partial charge in [-0.25, -0.2) is 0 Å².